The van der Waals surface area contributed by atoms with E-state index in [-0.39, 0.29) is 5.91 Å². The summed E-state index contributed by atoms with van der Waals surface area (Å²) in [6.07, 6.45) is 3.59. The highest BCUT2D eigenvalue weighted by Gasteiger charge is 2.24. The van der Waals surface area contributed by atoms with Gasteiger partial charge in [-0.2, -0.15) is 0 Å². The Kier molecular flexibility index (Phi) is 3.01. The van der Waals surface area contributed by atoms with E-state index in [0.29, 0.717) is 11.5 Å². The lowest BCUT2D eigenvalue weighted by atomic mass is 9.93. The molecule has 5 heteroatoms. The van der Waals surface area contributed by atoms with Crippen molar-refractivity contribution in [3.63, 3.8) is 0 Å². The van der Waals surface area contributed by atoms with Crippen molar-refractivity contribution in [1.82, 2.24) is 15.8 Å². The molecule has 0 aliphatic carbocycles. The summed E-state index contributed by atoms with van der Waals surface area (Å²) < 4.78 is 4.88. The van der Waals surface area contributed by atoms with Crippen LogP contribution in [0.1, 0.15) is 34.8 Å². The first-order valence-corrected chi connectivity index (χ1v) is 5.20. The van der Waals surface area contributed by atoms with Crippen LogP contribution in [0.25, 0.3) is 0 Å². The molecule has 82 valence electrons. The maximum absolute atomic E-state index is 11.5. The Balaban J connectivity index is 2.19. The topological polar surface area (TPSA) is 67.2 Å². The average molecular weight is 209 g/mol. The third-order valence-electron chi connectivity index (χ3n) is 2.75. The van der Waals surface area contributed by atoms with Crippen LogP contribution >= 0.6 is 0 Å². The van der Waals surface area contributed by atoms with E-state index < -0.39 is 0 Å². The molecule has 0 radical (unpaired) electrons. The first-order chi connectivity index (χ1) is 7.33. The van der Waals surface area contributed by atoms with Gasteiger partial charge in [0.1, 0.15) is 17.5 Å². The fourth-order valence-electron chi connectivity index (χ4n) is 1.93. The lowest BCUT2D eigenvalue weighted by molar-refractivity contribution is 0.0961. The molecule has 2 N–H and O–H groups in total. The van der Waals surface area contributed by atoms with Crippen LogP contribution in [0.5, 0.6) is 0 Å². The van der Waals surface area contributed by atoms with Crippen LogP contribution in [0.4, 0.5) is 0 Å². The zero-order valence-electron chi connectivity index (χ0n) is 8.75. The molecule has 1 aliphatic rings. The van der Waals surface area contributed by atoms with Gasteiger partial charge < -0.3 is 15.2 Å². The van der Waals surface area contributed by atoms with Gasteiger partial charge in [0.15, 0.2) is 0 Å². The van der Waals surface area contributed by atoms with E-state index in [9.17, 15) is 4.79 Å². The highest BCUT2D eigenvalue weighted by atomic mass is 16.5. The van der Waals surface area contributed by atoms with Crippen molar-refractivity contribution in [3.05, 3.63) is 17.5 Å². The monoisotopic (exact) mass is 209 g/mol. The quantitative estimate of drug-likeness (QED) is 0.744. The van der Waals surface area contributed by atoms with E-state index in [1.54, 1.807) is 7.05 Å². The number of carbonyl (C=O) groups is 1. The number of piperidine rings is 1. The predicted molar refractivity (Wildman–Crippen MR) is 54.7 cm³/mol. The van der Waals surface area contributed by atoms with Gasteiger partial charge in [0, 0.05) is 19.5 Å². The summed E-state index contributed by atoms with van der Waals surface area (Å²) in [6.45, 7) is 1.92. The van der Waals surface area contributed by atoms with Gasteiger partial charge in [0.05, 0.1) is 0 Å². The molecule has 0 aromatic carbocycles. The average Bonchev–Trinajstić information content (AvgIpc) is 2.78. The van der Waals surface area contributed by atoms with Crippen LogP contribution in [0, 0.1) is 0 Å². The van der Waals surface area contributed by atoms with Crippen molar-refractivity contribution in [2.24, 2.45) is 0 Å². The molecule has 0 spiro atoms. The summed E-state index contributed by atoms with van der Waals surface area (Å²) in [5.74, 6) is 0.168. The molecule has 0 saturated carbocycles. The van der Waals surface area contributed by atoms with Gasteiger partial charge in [0.2, 0.25) is 0 Å². The van der Waals surface area contributed by atoms with Crippen molar-refractivity contribution in [1.29, 1.82) is 0 Å². The Morgan fingerprint density at radius 3 is 3.27 bits per heavy atom. The zero-order valence-corrected chi connectivity index (χ0v) is 8.75. The Morgan fingerprint density at radius 1 is 1.73 bits per heavy atom. The summed E-state index contributed by atoms with van der Waals surface area (Å²) in [5.41, 5.74) is 1.34. The summed E-state index contributed by atoms with van der Waals surface area (Å²) in [7, 11) is 1.61. The predicted octanol–water partition coefficient (Wildman–Crippen LogP) is 0.501. The number of nitrogens with one attached hydrogen (secondary N) is 2. The van der Waals surface area contributed by atoms with Crippen LogP contribution in [-0.4, -0.2) is 31.2 Å². The van der Waals surface area contributed by atoms with E-state index in [1.165, 1.54) is 6.26 Å². The van der Waals surface area contributed by atoms with E-state index in [2.05, 4.69) is 15.8 Å². The summed E-state index contributed by atoms with van der Waals surface area (Å²) in [6, 6.07) is 0. The Hall–Kier alpha value is -1.36. The Bertz CT molecular complexity index is 342. The molecule has 5 nitrogen and oxygen atoms in total. The van der Waals surface area contributed by atoms with Gasteiger partial charge in [-0.3, -0.25) is 4.79 Å². The minimum absolute atomic E-state index is 0.128. The molecule has 2 rings (SSSR count). The molecule has 1 aromatic heterocycles. The fraction of sp³-hybridized carbons (Fsp3) is 0.600. The zero-order chi connectivity index (χ0) is 10.7. The lowest BCUT2D eigenvalue weighted by Crippen LogP contribution is -2.30. The molecule has 1 fully saturated rings. The standard InChI is InChI=1S/C10H15N3O2/c1-11-10(14)8-6-15-13-9(8)7-3-2-4-12-5-7/h6-7,12H,2-5H2,1H3,(H,11,14). The number of carbonyl (C=O) groups excluding carboxylic acids is 1. The smallest absolute Gasteiger partial charge is 0.256 e. The SMILES string of the molecule is CNC(=O)c1conc1C1CCCNC1. The lowest BCUT2D eigenvalue weighted by Gasteiger charge is -2.21. The van der Waals surface area contributed by atoms with E-state index >= 15 is 0 Å². The van der Waals surface area contributed by atoms with Crippen LogP contribution in [0.15, 0.2) is 10.8 Å². The molecule has 1 amide bonds. The molecule has 1 unspecified atom stereocenters. The molecule has 15 heavy (non-hydrogen) atoms. The van der Waals surface area contributed by atoms with Crippen LogP contribution in [0.2, 0.25) is 0 Å². The number of aromatic nitrogens is 1. The van der Waals surface area contributed by atoms with Crippen molar-refractivity contribution >= 4 is 5.91 Å². The van der Waals surface area contributed by atoms with E-state index in [4.69, 9.17) is 4.52 Å². The molecule has 1 atom stereocenters. The largest absolute Gasteiger partial charge is 0.364 e. The van der Waals surface area contributed by atoms with Gasteiger partial charge in [-0.15, -0.1) is 0 Å². The third-order valence-corrected chi connectivity index (χ3v) is 2.75. The van der Waals surface area contributed by atoms with Crippen molar-refractivity contribution in [2.75, 3.05) is 20.1 Å². The first-order valence-electron chi connectivity index (χ1n) is 5.20. The molecular weight excluding hydrogens is 194 g/mol. The van der Waals surface area contributed by atoms with Gasteiger partial charge in [-0.25, -0.2) is 0 Å². The van der Waals surface area contributed by atoms with Crippen molar-refractivity contribution in [2.45, 2.75) is 18.8 Å². The molecule has 1 saturated heterocycles. The second-order valence-corrected chi connectivity index (χ2v) is 3.74. The molecule has 1 aromatic rings. The minimum atomic E-state index is -0.128. The fourth-order valence-corrected chi connectivity index (χ4v) is 1.93. The van der Waals surface area contributed by atoms with Crippen molar-refractivity contribution < 1.29 is 9.32 Å². The molecular formula is C10H15N3O2. The molecule has 1 aliphatic heterocycles. The van der Waals surface area contributed by atoms with Gasteiger partial charge >= 0.3 is 0 Å². The third kappa shape index (κ3) is 2.02. The normalized spacial score (nSPS) is 21.3. The summed E-state index contributed by atoms with van der Waals surface area (Å²) in [4.78, 5) is 11.5. The Morgan fingerprint density at radius 2 is 2.60 bits per heavy atom. The minimum Gasteiger partial charge on any atom is -0.364 e. The second kappa shape index (κ2) is 4.44. The van der Waals surface area contributed by atoms with Gasteiger partial charge in [0.25, 0.3) is 5.91 Å². The number of amides is 1. The maximum atomic E-state index is 11.5. The van der Waals surface area contributed by atoms with Crippen LogP contribution < -0.4 is 10.6 Å². The number of hydrogen-bond donors (Lipinski definition) is 2. The number of hydrogen-bond acceptors (Lipinski definition) is 4. The van der Waals surface area contributed by atoms with Crippen LogP contribution in [0.3, 0.4) is 0 Å². The number of nitrogens with zero attached hydrogens (tertiary/aromatic N) is 1. The highest BCUT2D eigenvalue weighted by molar-refractivity contribution is 5.94. The highest BCUT2D eigenvalue weighted by Crippen LogP contribution is 2.24. The summed E-state index contributed by atoms with van der Waals surface area (Å²) >= 11 is 0. The Labute approximate surface area is 88.2 Å². The molecule has 0 bridgehead atoms. The molecule has 2 heterocycles. The van der Waals surface area contributed by atoms with Gasteiger partial charge in [-0.1, -0.05) is 5.16 Å². The van der Waals surface area contributed by atoms with Crippen LogP contribution in [-0.2, 0) is 0 Å². The number of rotatable bonds is 2. The first kappa shape index (κ1) is 10.2. The van der Waals surface area contributed by atoms with E-state index in [0.717, 1.165) is 31.6 Å². The maximum Gasteiger partial charge on any atom is 0.256 e. The van der Waals surface area contributed by atoms with Gasteiger partial charge in [-0.05, 0) is 19.4 Å². The second-order valence-electron chi connectivity index (χ2n) is 3.74. The van der Waals surface area contributed by atoms with Crippen molar-refractivity contribution in [3.8, 4) is 0 Å². The van der Waals surface area contributed by atoms with E-state index in [1.807, 2.05) is 0 Å². The summed E-state index contributed by atoms with van der Waals surface area (Å²) in [5, 5.41) is 9.81.